The van der Waals surface area contributed by atoms with Crippen LogP contribution >= 0.6 is 0 Å². The fraction of sp³-hybridized carbons (Fsp3) is 0.667. The van der Waals surface area contributed by atoms with Gasteiger partial charge in [0.15, 0.2) is 0 Å². The molecule has 110 valence electrons. The van der Waals surface area contributed by atoms with Gasteiger partial charge >= 0.3 is 0 Å². The minimum atomic E-state index is 0.0135. The number of carbonyl (C=O) groups excluding carboxylic acids is 1. The number of fused-ring (bicyclic) bond motifs is 1. The maximum absolute atomic E-state index is 12.4. The highest BCUT2D eigenvalue weighted by Gasteiger charge is 2.54. The molecule has 2 fully saturated rings. The Hall–Kier alpha value is -1.33. The van der Waals surface area contributed by atoms with Crippen molar-refractivity contribution in [1.82, 2.24) is 9.88 Å². The number of hydrogen-bond acceptors (Lipinski definition) is 3. The molecule has 20 heavy (non-hydrogen) atoms. The van der Waals surface area contributed by atoms with Crippen molar-refractivity contribution in [3.05, 3.63) is 23.5 Å². The van der Waals surface area contributed by atoms with Crippen molar-refractivity contribution < 1.29 is 14.3 Å². The van der Waals surface area contributed by atoms with Crippen LogP contribution in [0.15, 0.2) is 12.3 Å². The number of nitrogens with one attached hydrogen (secondary N) is 1. The number of carbonyl (C=O) groups is 1. The first kappa shape index (κ1) is 13.6. The zero-order valence-electron chi connectivity index (χ0n) is 12.3. The summed E-state index contributed by atoms with van der Waals surface area (Å²) < 4.78 is 13.0. The van der Waals surface area contributed by atoms with Crippen LogP contribution in [0.2, 0.25) is 0 Å². The molecule has 0 spiro atoms. The highest BCUT2D eigenvalue weighted by atomic mass is 16.5. The van der Waals surface area contributed by atoms with Gasteiger partial charge in [-0.15, -0.1) is 0 Å². The quantitative estimate of drug-likeness (QED) is 0.898. The van der Waals surface area contributed by atoms with Crippen molar-refractivity contribution in [3.63, 3.8) is 0 Å². The Labute approximate surface area is 119 Å². The van der Waals surface area contributed by atoms with E-state index in [1.165, 1.54) is 0 Å². The lowest BCUT2D eigenvalue weighted by Gasteiger charge is -2.47. The number of ether oxygens (including phenoxy) is 2. The lowest BCUT2D eigenvalue weighted by Crippen LogP contribution is -2.62. The van der Waals surface area contributed by atoms with Gasteiger partial charge in [-0.25, -0.2) is 0 Å². The maximum Gasteiger partial charge on any atom is 0.253 e. The fourth-order valence-electron chi connectivity index (χ4n) is 3.51. The van der Waals surface area contributed by atoms with Gasteiger partial charge < -0.3 is 19.4 Å². The van der Waals surface area contributed by atoms with Crippen LogP contribution in [0.1, 0.15) is 22.5 Å². The highest BCUT2D eigenvalue weighted by molar-refractivity contribution is 5.95. The molecule has 1 aliphatic heterocycles. The number of hydrogen-bond donors (Lipinski definition) is 1. The van der Waals surface area contributed by atoms with Crippen LogP contribution in [0.5, 0.6) is 0 Å². The fourth-order valence-corrected chi connectivity index (χ4v) is 3.51. The minimum Gasteiger partial charge on any atom is -0.384 e. The zero-order valence-corrected chi connectivity index (χ0v) is 12.3. The van der Waals surface area contributed by atoms with E-state index in [2.05, 4.69) is 5.32 Å². The first-order chi connectivity index (χ1) is 9.63. The molecule has 0 radical (unpaired) electrons. The van der Waals surface area contributed by atoms with E-state index in [-0.39, 0.29) is 24.0 Å². The van der Waals surface area contributed by atoms with E-state index in [1.807, 2.05) is 30.8 Å². The molecule has 1 amide bonds. The Bertz CT molecular complexity index is 511. The van der Waals surface area contributed by atoms with Crippen LogP contribution in [-0.4, -0.2) is 42.9 Å². The molecule has 5 nitrogen and oxygen atoms in total. The summed E-state index contributed by atoms with van der Waals surface area (Å²) in [6.45, 7) is 3.40. The van der Waals surface area contributed by atoms with Crippen molar-refractivity contribution >= 4 is 5.91 Å². The van der Waals surface area contributed by atoms with Gasteiger partial charge in [0.1, 0.15) is 0 Å². The standard InChI is InChI=1S/C15H22N2O3/c1-9-10(4-6-17(9)2)15(18)16-13-11-5-7-20-14(11)12(13)8-19-3/h4,6,11-14H,5,7-8H2,1-3H3,(H,16,18). The van der Waals surface area contributed by atoms with Crippen LogP contribution in [0.4, 0.5) is 0 Å². The van der Waals surface area contributed by atoms with Crippen LogP contribution < -0.4 is 5.32 Å². The van der Waals surface area contributed by atoms with Gasteiger partial charge in [0.25, 0.3) is 5.91 Å². The van der Waals surface area contributed by atoms with Gasteiger partial charge in [0.2, 0.25) is 0 Å². The molecule has 4 atom stereocenters. The normalized spacial score (nSPS) is 31.8. The number of rotatable bonds is 4. The molecule has 0 bridgehead atoms. The minimum absolute atomic E-state index is 0.0135. The molecule has 5 heteroatoms. The molecular weight excluding hydrogens is 256 g/mol. The highest BCUT2D eigenvalue weighted by Crippen LogP contribution is 2.43. The number of amides is 1. The summed E-state index contributed by atoms with van der Waals surface area (Å²) in [4.78, 5) is 12.4. The van der Waals surface area contributed by atoms with Gasteiger partial charge in [-0.3, -0.25) is 4.79 Å². The molecular formula is C15H22N2O3. The third-order valence-corrected chi connectivity index (χ3v) is 4.81. The summed E-state index contributed by atoms with van der Waals surface area (Å²) in [6.07, 6.45) is 3.21. The molecule has 2 aliphatic rings. The van der Waals surface area contributed by atoms with Gasteiger partial charge in [-0.1, -0.05) is 0 Å². The topological polar surface area (TPSA) is 52.5 Å². The summed E-state index contributed by atoms with van der Waals surface area (Å²) >= 11 is 0. The van der Waals surface area contributed by atoms with Crippen molar-refractivity contribution in [3.8, 4) is 0 Å². The van der Waals surface area contributed by atoms with Crippen LogP contribution in [0.3, 0.4) is 0 Å². The smallest absolute Gasteiger partial charge is 0.253 e. The summed E-state index contributed by atoms with van der Waals surface area (Å²) in [5.74, 6) is 0.739. The predicted molar refractivity (Wildman–Crippen MR) is 74.6 cm³/mol. The molecule has 3 rings (SSSR count). The van der Waals surface area contributed by atoms with E-state index in [4.69, 9.17) is 9.47 Å². The summed E-state index contributed by atoms with van der Waals surface area (Å²) in [5, 5.41) is 3.18. The Morgan fingerprint density at radius 3 is 3.05 bits per heavy atom. The third kappa shape index (κ3) is 2.05. The van der Waals surface area contributed by atoms with Crippen molar-refractivity contribution in [1.29, 1.82) is 0 Å². The number of aromatic nitrogens is 1. The lowest BCUT2D eigenvalue weighted by atomic mass is 9.67. The van der Waals surface area contributed by atoms with E-state index in [9.17, 15) is 4.79 Å². The third-order valence-electron chi connectivity index (χ3n) is 4.81. The van der Waals surface area contributed by atoms with Gasteiger partial charge in [-0.2, -0.15) is 0 Å². The SMILES string of the molecule is COCC1C(NC(=O)c2ccn(C)c2C)C2CCOC21. The average Bonchev–Trinajstić information content (AvgIpc) is 2.99. The van der Waals surface area contributed by atoms with Crippen molar-refractivity contribution in [2.75, 3.05) is 20.3 Å². The Balaban J connectivity index is 1.70. The van der Waals surface area contributed by atoms with E-state index < -0.39 is 0 Å². The monoisotopic (exact) mass is 278 g/mol. The molecule has 1 aromatic rings. The van der Waals surface area contributed by atoms with Crippen LogP contribution in [-0.2, 0) is 16.5 Å². The summed E-state index contributed by atoms with van der Waals surface area (Å²) in [7, 11) is 3.65. The predicted octanol–water partition coefficient (Wildman–Crippen LogP) is 1.11. The summed E-state index contributed by atoms with van der Waals surface area (Å²) in [5.41, 5.74) is 1.75. The second kappa shape index (κ2) is 5.22. The molecule has 1 aliphatic carbocycles. The zero-order chi connectivity index (χ0) is 14.3. The maximum atomic E-state index is 12.4. The number of methoxy groups -OCH3 is 1. The second-order valence-electron chi connectivity index (χ2n) is 5.83. The van der Waals surface area contributed by atoms with Crippen LogP contribution in [0, 0.1) is 18.8 Å². The number of aryl methyl sites for hydroxylation is 1. The van der Waals surface area contributed by atoms with E-state index >= 15 is 0 Å². The van der Waals surface area contributed by atoms with Crippen molar-refractivity contribution in [2.24, 2.45) is 18.9 Å². The Morgan fingerprint density at radius 1 is 1.60 bits per heavy atom. The first-order valence-electron chi connectivity index (χ1n) is 7.16. The average molecular weight is 278 g/mol. The molecule has 4 unspecified atom stereocenters. The molecule has 1 N–H and O–H groups in total. The number of nitrogens with zero attached hydrogens (tertiary/aromatic N) is 1. The van der Waals surface area contributed by atoms with E-state index in [1.54, 1.807) is 7.11 Å². The second-order valence-corrected chi connectivity index (χ2v) is 5.83. The molecule has 0 aromatic carbocycles. The first-order valence-corrected chi connectivity index (χ1v) is 7.16. The Morgan fingerprint density at radius 2 is 2.40 bits per heavy atom. The van der Waals surface area contributed by atoms with Crippen molar-refractivity contribution in [2.45, 2.75) is 25.5 Å². The lowest BCUT2D eigenvalue weighted by molar-refractivity contribution is -0.0809. The molecule has 1 saturated carbocycles. The largest absolute Gasteiger partial charge is 0.384 e. The van der Waals surface area contributed by atoms with Crippen LogP contribution in [0.25, 0.3) is 0 Å². The van der Waals surface area contributed by atoms with E-state index in [0.717, 1.165) is 24.3 Å². The summed E-state index contributed by atoms with van der Waals surface area (Å²) in [6, 6.07) is 2.05. The van der Waals surface area contributed by atoms with Gasteiger partial charge in [0.05, 0.1) is 18.3 Å². The van der Waals surface area contributed by atoms with Gasteiger partial charge in [-0.05, 0) is 19.4 Å². The molecule has 1 saturated heterocycles. The van der Waals surface area contributed by atoms with Gasteiger partial charge in [0, 0.05) is 50.5 Å². The van der Waals surface area contributed by atoms with E-state index in [0.29, 0.717) is 12.5 Å². The molecule has 2 heterocycles. The Kier molecular flexibility index (Phi) is 3.56. The molecule has 1 aromatic heterocycles.